The molecule has 2 aromatic heterocycles. The zero-order chi connectivity index (χ0) is 23.7. The number of nitrogens with one attached hydrogen (secondary N) is 3. The summed E-state index contributed by atoms with van der Waals surface area (Å²) in [4.78, 5) is 19.5. The van der Waals surface area contributed by atoms with E-state index in [1.54, 1.807) is 24.7 Å². The number of nitrogens with zero attached hydrogens (tertiary/aromatic N) is 4. The first-order valence-electron chi connectivity index (χ1n) is 11.7. The number of anilines is 2. The smallest absolute Gasteiger partial charge is 0.257 e. The fourth-order valence-electron chi connectivity index (χ4n) is 4.64. The molecule has 1 saturated heterocycles. The molecule has 2 fully saturated rings. The lowest BCUT2D eigenvalue weighted by Gasteiger charge is -2.39. The van der Waals surface area contributed by atoms with Crippen molar-refractivity contribution >= 4 is 23.2 Å². The molecule has 11 nitrogen and oxygen atoms in total. The molecule has 34 heavy (non-hydrogen) atoms. The van der Waals surface area contributed by atoms with Crippen molar-refractivity contribution < 1.29 is 19.4 Å². The number of aliphatic hydroxyl groups is 1. The largest absolute Gasteiger partial charge is 0.379 e. The normalized spacial score (nSPS) is 26.7. The minimum absolute atomic E-state index is 0.0124. The minimum Gasteiger partial charge on any atom is -0.379 e. The third kappa shape index (κ3) is 4.22. The van der Waals surface area contributed by atoms with Crippen molar-refractivity contribution in [2.75, 3.05) is 38.0 Å². The van der Waals surface area contributed by atoms with Gasteiger partial charge >= 0.3 is 0 Å². The molecule has 4 N–H and O–H groups in total. The van der Waals surface area contributed by atoms with Gasteiger partial charge in [0.1, 0.15) is 17.2 Å². The number of allylic oxidation sites excluding steroid dienone is 2. The summed E-state index contributed by atoms with van der Waals surface area (Å²) in [6.07, 6.45) is 10.0. The third-order valence-electron chi connectivity index (χ3n) is 6.73. The van der Waals surface area contributed by atoms with E-state index in [4.69, 9.17) is 9.47 Å². The fourth-order valence-corrected chi connectivity index (χ4v) is 4.64. The maximum Gasteiger partial charge on any atom is 0.257 e. The van der Waals surface area contributed by atoms with Gasteiger partial charge in [0.05, 0.1) is 36.7 Å². The van der Waals surface area contributed by atoms with Gasteiger partial charge in [0, 0.05) is 33.0 Å². The number of hydrogen-bond donors (Lipinski definition) is 4. The van der Waals surface area contributed by atoms with Gasteiger partial charge in [0.2, 0.25) is 0 Å². The number of methoxy groups -OCH3 is 1. The molecule has 0 bridgehead atoms. The lowest BCUT2D eigenvalue weighted by Crippen LogP contribution is -2.51. The topological polar surface area (TPSA) is 125 Å². The molecule has 5 rings (SSSR count). The molecule has 4 heterocycles. The van der Waals surface area contributed by atoms with Crippen molar-refractivity contribution in [3.63, 3.8) is 0 Å². The van der Waals surface area contributed by atoms with Gasteiger partial charge in [-0.1, -0.05) is 0 Å². The van der Waals surface area contributed by atoms with Gasteiger partial charge in [-0.3, -0.25) is 4.79 Å². The van der Waals surface area contributed by atoms with E-state index in [9.17, 15) is 9.90 Å². The van der Waals surface area contributed by atoms with Crippen LogP contribution in [0.25, 0.3) is 5.65 Å². The zero-order valence-electron chi connectivity index (χ0n) is 19.4. The van der Waals surface area contributed by atoms with E-state index in [0.29, 0.717) is 35.2 Å². The van der Waals surface area contributed by atoms with E-state index in [0.717, 1.165) is 32.3 Å². The number of carbonyl (C=O) groups excluding carboxylic acids is 1. The molecule has 1 amide bonds. The lowest BCUT2D eigenvalue weighted by atomic mass is 9.89. The molecule has 1 saturated carbocycles. The molecule has 2 aromatic rings. The fraction of sp³-hybridized carbons (Fsp3) is 0.522. The van der Waals surface area contributed by atoms with Crippen LogP contribution in [0.15, 0.2) is 36.3 Å². The molecular weight excluding hydrogens is 438 g/mol. The van der Waals surface area contributed by atoms with Crippen molar-refractivity contribution in [2.45, 2.75) is 50.1 Å². The summed E-state index contributed by atoms with van der Waals surface area (Å²) in [6, 6.07) is 1.89. The molecule has 0 aromatic carbocycles. The lowest BCUT2D eigenvalue weighted by molar-refractivity contribution is -0.0257. The Morgan fingerprint density at radius 2 is 2.21 bits per heavy atom. The molecule has 4 atom stereocenters. The summed E-state index contributed by atoms with van der Waals surface area (Å²) in [6.45, 7) is 1.35. The second-order valence-electron chi connectivity index (χ2n) is 8.78. The monoisotopic (exact) mass is 469 g/mol. The Kier molecular flexibility index (Phi) is 6.40. The van der Waals surface area contributed by atoms with Crippen LogP contribution in [0.2, 0.25) is 0 Å². The molecule has 1 unspecified atom stereocenters. The van der Waals surface area contributed by atoms with Gasteiger partial charge in [0.15, 0.2) is 11.9 Å². The number of carbonyl (C=O) groups is 1. The first-order chi connectivity index (χ1) is 16.6. The van der Waals surface area contributed by atoms with Crippen molar-refractivity contribution in [1.82, 2.24) is 24.8 Å². The van der Waals surface area contributed by atoms with Gasteiger partial charge in [-0.2, -0.15) is 9.61 Å². The van der Waals surface area contributed by atoms with Crippen LogP contribution >= 0.6 is 0 Å². The Morgan fingerprint density at radius 3 is 2.91 bits per heavy atom. The Morgan fingerprint density at radius 1 is 1.32 bits per heavy atom. The van der Waals surface area contributed by atoms with Crippen LogP contribution in [-0.4, -0.2) is 82.3 Å². The summed E-state index contributed by atoms with van der Waals surface area (Å²) >= 11 is 0. The predicted octanol–water partition coefficient (Wildman–Crippen LogP) is 1.30. The van der Waals surface area contributed by atoms with Crippen molar-refractivity contribution in [2.24, 2.45) is 0 Å². The molecular formula is C23H31N7O4. The maximum absolute atomic E-state index is 13.0. The highest BCUT2D eigenvalue weighted by Gasteiger charge is 2.33. The predicted molar refractivity (Wildman–Crippen MR) is 126 cm³/mol. The first-order valence-corrected chi connectivity index (χ1v) is 11.7. The number of aromatic nitrogens is 3. The number of fused-ring (bicyclic) bond motifs is 1. The van der Waals surface area contributed by atoms with Crippen LogP contribution in [-0.2, 0) is 9.47 Å². The van der Waals surface area contributed by atoms with Crippen LogP contribution in [0.1, 0.15) is 36.0 Å². The summed E-state index contributed by atoms with van der Waals surface area (Å²) in [5, 5.41) is 24.7. The van der Waals surface area contributed by atoms with Crippen LogP contribution in [0, 0.1) is 0 Å². The molecule has 2 aliphatic heterocycles. The maximum atomic E-state index is 13.0. The average molecular weight is 470 g/mol. The molecule has 3 aliphatic rings. The summed E-state index contributed by atoms with van der Waals surface area (Å²) in [7, 11) is 3.43. The van der Waals surface area contributed by atoms with Gasteiger partial charge in [-0.25, -0.2) is 4.98 Å². The average Bonchev–Trinajstić information content (AvgIpc) is 3.27. The van der Waals surface area contributed by atoms with E-state index >= 15 is 0 Å². The molecule has 182 valence electrons. The van der Waals surface area contributed by atoms with E-state index < -0.39 is 6.23 Å². The van der Waals surface area contributed by atoms with Crippen LogP contribution < -0.4 is 16.0 Å². The zero-order valence-corrected chi connectivity index (χ0v) is 19.4. The van der Waals surface area contributed by atoms with Crippen molar-refractivity contribution in [3.8, 4) is 0 Å². The Balaban J connectivity index is 1.38. The van der Waals surface area contributed by atoms with E-state index in [1.807, 2.05) is 23.3 Å². The summed E-state index contributed by atoms with van der Waals surface area (Å²) in [5.74, 6) is 0.908. The molecule has 0 radical (unpaired) electrons. The molecule has 0 spiro atoms. The third-order valence-corrected chi connectivity index (χ3v) is 6.73. The number of hydrogen-bond acceptors (Lipinski definition) is 9. The van der Waals surface area contributed by atoms with E-state index in [2.05, 4.69) is 26.0 Å². The molecule has 11 heteroatoms. The second kappa shape index (κ2) is 9.61. The number of ether oxygens (including phenoxy) is 2. The Labute approximate surface area is 197 Å². The number of aliphatic hydroxyl groups excluding tert-OH is 1. The van der Waals surface area contributed by atoms with Crippen LogP contribution in [0.5, 0.6) is 0 Å². The van der Waals surface area contributed by atoms with Gasteiger partial charge in [-0.05, 0) is 37.8 Å². The number of amides is 1. The standard InChI is InChI=1S/C23H31N7O4/c1-24-20-11-19(26-17-6-3-9-29(23(17)32)14-5-4-10-34-13-14)28-21-15(12-25-30(20)21)22(31)27-16-7-8-18(16)33-2/h3,6,9,11-12,14,16,18,23-24,32H,4-5,7-8,10,13H2,1-2H3,(H,26,28)(H,27,31)/t14-,16+,18+,23?/m1/s1. The van der Waals surface area contributed by atoms with Gasteiger partial charge in [0.25, 0.3) is 5.91 Å². The van der Waals surface area contributed by atoms with E-state index in [-0.39, 0.29) is 24.1 Å². The highest BCUT2D eigenvalue weighted by Crippen LogP contribution is 2.26. The second-order valence-corrected chi connectivity index (χ2v) is 8.78. The first kappa shape index (κ1) is 22.6. The molecule has 1 aliphatic carbocycles. The van der Waals surface area contributed by atoms with Crippen molar-refractivity contribution in [3.05, 3.63) is 41.9 Å². The van der Waals surface area contributed by atoms with E-state index in [1.165, 1.54) is 6.20 Å². The van der Waals surface area contributed by atoms with Crippen molar-refractivity contribution in [1.29, 1.82) is 0 Å². The number of rotatable bonds is 7. The minimum atomic E-state index is -0.856. The summed E-state index contributed by atoms with van der Waals surface area (Å²) < 4.78 is 12.6. The SMILES string of the molecule is CNc1cc(NC2=CC=CN([C@@H]3CCCOC3)C2O)nc2c(C(=O)N[C@H]3CC[C@@H]3OC)cnn12. The van der Waals surface area contributed by atoms with Crippen LogP contribution in [0.4, 0.5) is 11.6 Å². The quantitative estimate of drug-likeness (QED) is 0.475. The van der Waals surface area contributed by atoms with Crippen LogP contribution in [0.3, 0.4) is 0 Å². The highest BCUT2D eigenvalue weighted by molar-refractivity contribution is 6.00. The van der Waals surface area contributed by atoms with Gasteiger partial charge in [-0.15, -0.1) is 0 Å². The Bertz CT molecular complexity index is 1110. The Hall–Kier alpha value is -3.15. The van der Waals surface area contributed by atoms with Gasteiger partial charge < -0.3 is 35.4 Å². The summed E-state index contributed by atoms with van der Waals surface area (Å²) in [5.41, 5.74) is 1.38. The highest BCUT2D eigenvalue weighted by atomic mass is 16.5.